The van der Waals surface area contributed by atoms with Gasteiger partial charge in [-0.3, -0.25) is 0 Å². The van der Waals surface area contributed by atoms with Gasteiger partial charge in [-0.25, -0.2) is 22.1 Å². The molecule has 0 bridgehead atoms. The molecule has 0 saturated heterocycles. The summed E-state index contributed by atoms with van der Waals surface area (Å²) in [6.07, 6.45) is 6.03. The van der Waals surface area contributed by atoms with E-state index in [9.17, 15) is 0 Å². The lowest BCUT2D eigenvalue weighted by molar-refractivity contribution is 0.373. The van der Waals surface area contributed by atoms with Crippen LogP contribution in [0.15, 0.2) is 20.5 Å². The molecule has 1 fully saturated rings. The van der Waals surface area contributed by atoms with Crippen LogP contribution in [0.4, 0.5) is 0 Å². The fourth-order valence-electron chi connectivity index (χ4n) is 2.63. The Morgan fingerprint density at radius 3 is 0.650 bits per heavy atom. The van der Waals surface area contributed by atoms with Crippen LogP contribution in [0.5, 0.6) is 0 Å². The molecule has 1 saturated carbocycles. The van der Waals surface area contributed by atoms with Crippen molar-refractivity contribution in [1.82, 2.24) is 0 Å². The van der Waals surface area contributed by atoms with Crippen molar-refractivity contribution in [2.24, 2.45) is 20.5 Å². The van der Waals surface area contributed by atoms with Gasteiger partial charge in [-0.15, -0.1) is 0 Å². The Balaban J connectivity index is 2.67. The predicted molar refractivity (Wildman–Crippen MR) is 72.7 cm³/mol. The van der Waals surface area contributed by atoms with Crippen LogP contribution in [-0.2, 0) is 0 Å². The van der Waals surface area contributed by atoms with E-state index < -0.39 is 0 Å². The van der Waals surface area contributed by atoms with Crippen LogP contribution in [0, 0.1) is 22.1 Å². The molecule has 8 nitrogen and oxygen atoms in total. The summed E-state index contributed by atoms with van der Waals surface area (Å²) in [5.74, 6) is 0. The Hall–Kier alpha value is -1.60. The van der Waals surface area contributed by atoms with Gasteiger partial charge < -0.3 is 0 Å². The van der Waals surface area contributed by atoms with Crippen LogP contribution in [-0.4, -0.2) is 24.2 Å². The second-order valence-electron chi connectivity index (χ2n) is 5.44. The third-order valence-electron chi connectivity index (χ3n) is 4.06. The van der Waals surface area contributed by atoms with Crippen molar-refractivity contribution in [2.75, 3.05) is 0 Å². The zero-order valence-electron chi connectivity index (χ0n) is 11.8. The lowest BCUT2D eigenvalue weighted by Gasteiger charge is -2.20. The molecule has 0 atom stereocenters. The van der Waals surface area contributed by atoms with Crippen LogP contribution in [0.25, 0.3) is 0 Å². The van der Waals surface area contributed by atoms with Crippen LogP contribution in [0.2, 0.25) is 0 Å². The minimum absolute atomic E-state index is 0.0420. The SMILES string of the molecule is N=NC1CCC(N=N)CCC(N=N)CCC(N=N)CC1. The van der Waals surface area contributed by atoms with Crippen molar-refractivity contribution < 1.29 is 0 Å². The van der Waals surface area contributed by atoms with Crippen molar-refractivity contribution in [3.05, 3.63) is 0 Å². The average molecular weight is 280 g/mol. The van der Waals surface area contributed by atoms with E-state index in [2.05, 4.69) is 20.5 Å². The van der Waals surface area contributed by atoms with Crippen LogP contribution >= 0.6 is 0 Å². The number of nitrogens with zero attached hydrogens (tertiary/aromatic N) is 4. The van der Waals surface area contributed by atoms with Gasteiger partial charge in [0.15, 0.2) is 0 Å². The Kier molecular flexibility index (Phi) is 7.67. The predicted octanol–water partition coefficient (Wildman–Crippen LogP) is 4.72. The molecule has 0 aliphatic heterocycles. The van der Waals surface area contributed by atoms with Gasteiger partial charge in [0.1, 0.15) is 0 Å². The van der Waals surface area contributed by atoms with Gasteiger partial charge in [0.2, 0.25) is 0 Å². The summed E-state index contributed by atoms with van der Waals surface area (Å²) in [5, 5.41) is 14.6. The van der Waals surface area contributed by atoms with E-state index in [4.69, 9.17) is 22.1 Å². The van der Waals surface area contributed by atoms with Gasteiger partial charge in [0, 0.05) is 0 Å². The summed E-state index contributed by atoms with van der Waals surface area (Å²) in [6.45, 7) is 0. The molecular formula is C12H24N8. The molecule has 0 spiro atoms. The molecule has 0 aromatic carbocycles. The third-order valence-corrected chi connectivity index (χ3v) is 4.06. The summed E-state index contributed by atoms with van der Waals surface area (Å²) in [6, 6.07) is -0.168. The largest absolute Gasteiger partial charge is 0.210 e. The van der Waals surface area contributed by atoms with E-state index in [1.54, 1.807) is 0 Å². The molecule has 0 aromatic heterocycles. The van der Waals surface area contributed by atoms with Crippen molar-refractivity contribution in [2.45, 2.75) is 75.5 Å². The zero-order valence-corrected chi connectivity index (χ0v) is 11.8. The average Bonchev–Trinajstić information content (AvgIpc) is 2.48. The summed E-state index contributed by atoms with van der Waals surface area (Å²) < 4.78 is 0. The first-order valence-electron chi connectivity index (χ1n) is 7.19. The second kappa shape index (κ2) is 9.33. The molecule has 0 unspecified atom stereocenters. The zero-order chi connectivity index (χ0) is 14.8. The molecule has 1 rings (SSSR count). The fraction of sp³-hybridized carbons (Fsp3) is 1.00. The molecule has 4 N–H and O–H groups in total. The molecule has 112 valence electrons. The summed E-state index contributed by atoms with van der Waals surface area (Å²) >= 11 is 0. The molecule has 0 amide bonds. The molecule has 1 aliphatic carbocycles. The van der Waals surface area contributed by atoms with Gasteiger partial charge in [0.25, 0.3) is 0 Å². The molecule has 0 heterocycles. The van der Waals surface area contributed by atoms with Crippen molar-refractivity contribution in [3.63, 3.8) is 0 Å². The number of hydrogen-bond acceptors (Lipinski definition) is 8. The Bertz CT molecular complexity index is 251. The minimum atomic E-state index is -0.0420. The summed E-state index contributed by atoms with van der Waals surface area (Å²) in [5.41, 5.74) is 28.9. The van der Waals surface area contributed by atoms with Crippen molar-refractivity contribution in [1.29, 1.82) is 22.1 Å². The normalized spacial score (nSPS) is 33.2. The van der Waals surface area contributed by atoms with E-state index in [0.717, 1.165) is 51.4 Å². The van der Waals surface area contributed by atoms with E-state index in [1.165, 1.54) is 0 Å². The maximum atomic E-state index is 7.23. The van der Waals surface area contributed by atoms with Crippen LogP contribution in [0.1, 0.15) is 51.4 Å². The fourth-order valence-corrected chi connectivity index (χ4v) is 2.63. The Labute approximate surface area is 119 Å². The second-order valence-corrected chi connectivity index (χ2v) is 5.44. The van der Waals surface area contributed by atoms with E-state index >= 15 is 0 Å². The van der Waals surface area contributed by atoms with Gasteiger partial charge >= 0.3 is 0 Å². The number of nitrogens with one attached hydrogen (secondary N) is 4. The third kappa shape index (κ3) is 5.58. The quantitative estimate of drug-likeness (QED) is 0.528. The number of rotatable bonds is 4. The van der Waals surface area contributed by atoms with Gasteiger partial charge in [-0.1, -0.05) is 0 Å². The maximum absolute atomic E-state index is 7.23. The summed E-state index contributed by atoms with van der Waals surface area (Å²) in [4.78, 5) is 0. The smallest absolute Gasteiger partial charge is 0.0707 e. The monoisotopic (exact) mass is 280 g/mol. The molecular weight excluding hydrogens is 256 g/mol. The lowest BCUT2D eigenvalue weighted by Crippen LogP contribution is -2.18. The molecule has 20 heavy (non-hydrogen) atoms. The maximum Gasteiger partial charge on any atom is 0.0707 e. The Morgan fingerprint density at radius 1 is 0.400 bits per heavy atom. The lowest BCUT2D eigenvalue weighted by atomic mass is 9.92. The molecule has 0 aromatic rings. The highest BCUT2D eigenvalue weighted by atomic mass is 15.0. The molecule has 0 radical (unpaired) electrons. The standard InChI is InChI=1S/C12H24N8/c13-17-9-1-2-10(18-14)5-6-12(20-16)8-7-11(19-15)4-3-9/h9-16H,1-8H2. The highest BCUT2D eigenvalue weighted by molar-refractivity contribution is 4.78. The number of hydrogen-bond donors (Lipinski definition) is 4. The van der Waals surface area contributed by atoms with E-state index in [-0.39, 0.29) is 24.2 Å². The molecule has 8 heteroatoms. The van der Waals surface area contributed by atoms with Crippen LogP contribution < -0.4 is 0 Å². The first-order chi connectivity index (χ1) is 9.73. The first kappa shape index (κ1) is 16.5. The van der Waals surface area contributed by atoms with Gasteiger partial charge in [-0.05, 0) is 51.4 Å². The Morgan fingerprint density at radius 2 is 0.550 bits per heavy atom. The molecule has 1 aliphatic rings. The topological polar surface area (TPSA) is 145 Å². The van der Waals surface area contributed by atoms with Crippen molar-refractivity contribution >= 4 is 0 Å². The highest BCUT2D eigenvalue weighted by Crippen LogP contribution is 2.23. The summed E-state index contributed by atoms with van der Waals surface area (Å²) in [7, 11) is 0. The van der Waals surface area contributed by atoms with Crippen molar-refractivity contribution in [3.8, 4) is 0 Å². The highest BCUT2D eigenvalue weighted by Gasteiger charge is 2.20. The minimum Gasteiger partial charge on any atom is -0.210 e. The first-order valence-corrected chi connectivity index (χ1v) is 7.19. The van der Waals surface area contributed by atoms with Crippen LogP contribution in [0.3, 0.4) is 0 Å². The van der Waals surface area contributed by atoms with E-state index in [1.807, 2.05) is 0 Å². The van der Waals surface area contributed by atoms with Gasteiger partial charge in [0.05, 0.1) is 24.2 Å². The van der Waals surface area contributed by atoms with Gasteiger partial charge in [-0.2, -0.15) is 20.5 Å². The van der Waals surface area contributed by atoms with E-state index in [0.29, 0.717) is 0 Å².